The Morgan fingerprint density at radius 1 is 1.20 bits per heavy atom. The first kappa shape index (κ1) is 14.9. The van der Waals surface area contributed by atoms with Gasteiger partial charge in [0.15, 0.2) is 9.84 Å². The maximum atomic E-state index is 11.5. The Bertz CT molecular complexity index is 249. The molecular weight excluding hydrogens is 214 g/mol. The van der Waals surface area contributed by atoms with Crippen LogP contribution in [0.25, 0.3) is 0 Å². The molecule has 0 aromatic heterocycles. The zero-order chi connectivity index (χ0) is 11.9. The summed E-state index contributed by atoms with van der Waals surface area (Å²) in [5.74, 6) is 0.660. The Morgan fingerprint density at radius 3 is 2.27 bits per heavy atom. The van der Waals surface area contributed by atoms with Crippen LogP contribution in [0.4, 0.5) is 0 Å². The second-order valence-electron chi connectivity index (χ2n) is 4.21. The first-order valence-corrected chi connectivity index (χ1v) is 7.11. The van der Waals surface area contributed by atoms with Crippen LogP contribution in [0.1, 0.15) is 27.2 Å². The number of hydrogen-bond donors (Lipinski definition) is 1. The lowest BCUT2D eigenvalue weighted by Gasteiger charge is -2.11. The first-order chi connectivity index (χ1) is 6.90. The van der Waals surface area contributed by atoms with E-state index < -0.39 is 15.1 Å². The SMILES string of the molecule is CC(C)CCOCCS(=O)(=O)C(C)CN. The number of rotatable bonds is 8. The summed E-state index contributed by atoms with van der Waals surface area (Å²) in [5.41, 5.74) is 5.31. The maximum absolute atomic E-state index is 11.5. The van der Waals surface area contributed by atoms with E-state index in [1.807, 2.05) is 0 Å². The molecule has 0 saturated carbocycles. The van der Waals surface area contributed by atoms with E-state index in [1.165, 1.54) is 0 Å². The molecule has 0 aliphatic rings. The molecule has 0 aromatic carbocycles. The van der Waals surface area contributed by atoms with E-state index in [0.717, 1.165) is 6.42 Å². The van der Waals surface area contributed by atoms with Crippen molar-refractivity contribution in [2.75, 3.05) is 25.5 Å². The highest BCUT2D eigenvalue weighted by Crippen LogP contribution is 2.02. The second kappa shape index (κ2) is 7.19. The fraction of sp³-hybridized carbons (Fsp3) is 1.00. The van der Waals surface area contributed by atoms with Gasteiger partial charge in [0, 0.05) is 13.2 Å². The van der Waals surface area contributed by atoms with Crippen molar-refractivity contribution in [3.8, 4) is 0 Å². The molecule has 92 valence electrons. The quantitative estimate of drug-likeness (QED) is 0.634. The Hall–Kier alpha value is -0.130. The molecule has 0 aliphatic carbocycles. The van der Waals surface area contributed by atoms with Crippen LogP contribution < -0.4 is 5.73 Å². The number of sulfone groups is 1. The van der Waals surface area contributed by atoms with Gasteiger partial charge < -0.3 is 10.5 Å². The highest BCUT2D eigenvalue weighted by molar-refractivity contribution is 7.92. The maximum Gasteiger partial charge on any atom is 0.156 e. The molecule has 0 heterocycles. The minimum Gasteiger partial charge on any atom is -0.380 e. The minimum absolute atomic E-state index is 0.0729. The van der Waals surface area contributed by atoms with Crippen LogP contribution in [0.5, 0.6) is 0 Å². The smallest absolute Gasteiger partial charge is 0.156 e. The van der Waals surface area contributed by atoms with Crippen molar-refractivity contribution in [2.24, 2.45) is 11.7 Å². The molecule has 0 fully saturated rings. The predicted molar refractivity (Wildman–Crippen MR) is 62.6 cm³/mol. The Kier molecular flexibility index (Phi) is 7.13. The van der Waals surface area contributed by atoms with Crippen LogP contribution in [-0.4, -0.2) is 39.2 Å². The van der Waals surface area contributed by atoms with Crippen LogP contribution in [0.3, 0.4) is 0 Å². The van der Waals surface area contributed by atoms with Crippen molar-refractivity contribution in [2.45, 2.75) is 32.4 Å². The molecule has 2 N–H and O–H groups in total. The summed E-state index contributed by atoms with van der Waals surface area (Å²) in [6.45, 7) is 6.93. The summed E-state index contributed by atoms with van der Waals surface area (Å²) in [5, 5.41) is -0.466. The summed E-state index contributed by atoms with van der Waals surface area (Å²) in [6, 6.07) is 0. The lowest BCUT2D eigenvalue weighted by atomic mass is 10.1. The molecule has 0 aliphatic heterocycles. The highest BCUT2D eigenvalue weighted by Gasteiger charge is 2.18. The van der Waals surface area contributed by atoms with E-state index in [1.54, 1.807) is 6.92 Å². The largest absolute Gasteiger partial charge is 0.380 e. The summed E-state index contributed by atoms with van der Waals surface area (Å²) in [4.78, 5) is 0. The summed E-state index contributed by atoms with van der Waals surface area (Å²) in [7, 11) is -3.06. The summed E-state index contributed by atoms with van der Waals surface area (Å²) >= 11 is 0. The normalized spacial score (nSPS) is 14.5. The van der Waals surface area contributed by atoms with Crippen LogP contribution in [-0.2, 0) is 14.6 Å². The van der Waals surface area contributed by atoms with Crippen molar-refractivity contribution in [1.29, 1.82) is 0 Å². The van der Waals surface area contributed by atoms with E-state index in [0.29, 0.717) is 12.5 Å². The monoisotopic (exact) mass is 237 g/mol. The van der Waals surface area contributed by atoms with Crippen LogP contribution in [0, 0.1) is 5.92 Å². The van der Waals surface area contributed by atoms with Gasteiger partial charge in [0.1, 0.15) is 0 Å². The molecule has 5 heteroatoms. The zero-order valence-corrected chi connectivity index (χ0v) is 10.7. The van der Waals surface area contributed by atoms with Crippen LogP contribution >= 0.6 is 0 Å². The summed E-state index contributed by atoms with van der Waals surface area (Å²) < 4.78 is 28.3. The standard InChI is InChI=1S/C10H23NO3S/c1-9(2)4-5-14-6-7-15(12,13)10(3)8-11/h9-10H,4-8,11H2,1-3H3. The number of hydrogen-bond acceptors (Lipinski definition) is 4. The zero-order valence-electron chi connectivity index (χ0n) is 9.90. The van der Waals surface area contributed by atoms with Crippen molar-refractivity contribution in [3.63, 3.8) is 0 Å². The number of nitrogens with two attached hydrogens (primary N) is 1. The molecule has 0 amide bonds. The second-order valence-corrected chi connectivity index (χ2v) is 6.75. The average molecular weight is 237 g/mol. The van der Waals surface area contributed by atoms with Gasteiger partial charge in [0.2, 0.25) is 0 Å². The van der Waals surface area contributed by atoms with E-state index in [2.05, 4.69) is 13.8 Å². The molecule has 0 radical (unpaired) electrons. The van der Waals surface area contributed by atoms with Gasteiger partial charge in [0.25, 0.3) is 0 Å². The van der Waals surface area contributed by atoms with Gasteiger partial charge in [-0.25, -0.2) is 8.42 Å². The molecule has 0 spiro atoms. The molecule has 4 nitrogen and oxygen atoms in total. The molecular formula is C10H23NO3S. The third kappa shape index (κ3) is 6.87. The van der Waals surface area contributed by atoms with Crippen LogP contribution in [0.2, 0.25) is 0 Å². The Balaban J connectivity index is 3.67. The third-order valence-corrected chi connectivity index (χ3v) is 4.45. The lowest BCUT2D eigenvalue weighted by Crippen LogP contribution is -2.30. The van der Waals surface area contributed by atoms with Gasteiger partial charge in [-0.05, 0) is 19.3 Å². The van der Waals surface area contributed by atoms with E-state index in [4.69, 9.17) is 10.5 Å². The van der Waals surface area contributed by atoms with Gasteiger partial charge in [-0.3, -0.25) is 0 Å². The Labute approximate surface area is 93.1 Å². The van der Waals surface area contributed by atoms with Crippen molar-refractivity contribution in [3.05, 3.63) is 0 Å². The third-order valence-electron chi connectivity index (χ3n) is 2.30. The molecule has 0 rings (SSSR count). The number of ether oxygens (including phenoxy) is 1. The predicted octanol–water partition coefficient (Wildman–Crippen LogP) is 0.811. The van der Waals surface area contributed by atoms with Crippen LogP contribution in [0.15, 0.2) is 0 Å². The Morgan fingerprint density at radius 2 is 1.80 bits per heavy atom. The molecule has 0 saturated heterocycles. The van der Waals surface area contributed by atoms with E-state index in [9.17, 15) is 8.42 Å². The fourth-order valence-corrected chi connectivity index (χ4v) is 1.99. The van der Waals surface area contributed by atoms with E-state index in [-0.39, 0.29) is 18.9 Å². The first-order valence-electron chi connectivity index (χ1n) is 5.39. The molecule has 1 atom stereocenters. The van der Waals surface area contributed by atoms with Gasteiger partial charge in [-0.1, -0.05) is 13.8 Å². The molecule has 15 heavy (non-hydrogen) atoms. The summed E-state index contributed by atoms with van der Waals surface area (Å²) in [6.07, 6.45) is 0.965. The van der Waals surface area contributed by atoms with Gasteiger partial charge in [0.05, 0.1) is 17.6 Å². The van der Waals surface area contributed by atoms with Gasteiger partial charge in [-0.15, -0.1) is 0 Å². The highest BCUT2D eigenvalue weighted by atomic mass is 32.2. The van der Waals surface area contributed by atoms with Gasteiger partial charge in [-0.2, -0.15) is 0 Å². The average Bonchev–Trinajstić information content (AvgIpc) is 2.15. The van der Waals surface area contributed by atoms with Crippen molar-refractivity contribution >= 4 is 9.84 Å². The topological polar surface area (TPSA) is 69.4 Å². The lowest BCUT2D eigenvalue weighted by molar-refractivity contribution is 0.137. The van der Waals surface area contributed by atoms with Crippen molar-refractivity contribution < 1.29 is 13.2 Å². The van der Waals surface area contributed by atoms with Gasteiger partial charge >= 0.3 is 0 Å². The molecule has 0 aromatic rings. The molecule has 1 unspecified atom stereocenters. The van der Waals surface area contributed by atoms with Crippen molar-refractivity contribution in [1.82, 2.24) is 0 Å². The molecule has 0 bridgehead atoms. The van der Waals surface area contributed by atoms with E-state index >= 15 is 0 Å². The minimum atomic E-state index is -3.06. The fourth-order valence-electron chi connectivity index (χ4n) is 0.944.